The number of anilines is 1. The summed E-state index contributed by atoms with van der Waals surface area (Å²) >= 11 is 1.39. The fraction of sp³-hybridized carbons (Fsp3) is 0.231. The molecule has 2 amide bonds. The van der Waals surface area contributed by atoms with Crippen molar-refractivity contribution in [1.29, 1.82) is 0 Å². The Morgan fingerprint density at radius 2 is 1.79 bits per heavy atom. The molecule has 1 atom stereocenters. The first-order valence-electron chi connectivity index (χ1n) is 10.8. The lowest BCUT2D eigenvalue weighted by Crippen LogP contribution is -2.50. The summed E-state index contributed by atoms with van der Waals surface area (Å²) in [5.74, 6) is 0.485. The zero-order chi connectivity index (χ0) is 23.9. The van der Waals surface area contributed by atoms with Crippen molar-refractivity contribution >= 4 is 29.3 Å². The summed E-state index contributed by atoms with van der Waals surface area (Å²) in [6.45, 7) is 0.632. The molecular formula is C26H23FN2O4S. The van der Waals surface area contributed by atoms with Gasteiger partial charge in [-0.2, -0.15) is 0 Å². The van der Waals surface area contributed by atoms with Gasteiger partial charge < -0.3 is 19.3 Å². The average Bonchev–Trinajstić information content (AvgIpc) is 3.41. The molecule has 1 spiro atoms. The number of hydrogen-bond acceptors (Lipinski definition) is 5. The second kappa shape index (κ2) is 8.68. The summed E-state index contributed by atoms with van der Waals surface area (Å²) in [5, 5.41) is 0. The summed E-state index contributed by atoms with van der Waals surface area (Å²) in [5.41, 5.74) is 2.22. The quantitative estimate of drug-likeness (QED) is 0.543. The van der Waals surface area contributed by atoms with Gasteiger partial charge >= 0.3 is 0 Å². The van der Waals surface area contributed by atoms with E-state index in [4.69, 9.17) is 9.47 Å². The number of hydrogen-bond donors (Lipinski definition) is 0. The van der Waals surface area contributed by atoms with Crippen LogP contribution in [0.4, 0.5) is 10.1 Å². The highest BCUT2D eigenvalue weighted by Gasteiger charge is 2.59. The average molecular weight is 479 g/mol. The Labute approximate surface area is 201 Å². The number of methoxy groups -OCH3 is 2. The minimum Gasteiger partial charge on any atom is -0.497 e. The molecule has 2 heterocycles. The molecule has 8 heteroatoms. The molecule has 0 bridgehead atoms. The molecule has 1 saturated heterocycles. The van der Waals surface area contributed by atoms with E-state index < -0.39 is 16.6 Å². The number of carbonyl (C=O) groups is 2. The normalized spacial score (nSPS) is 19.0. The van der Waals surface area contributed by atoms with Crippen molar-refractivity contribution in [2.24, 2.45) is 0 Å². The number of nitrogens with zero attached hydrogens (tertiary/aromatic N) is 2. The number of ether oxygens (including phenoxy) is 2. The number of halogens is 1. The van der Waals surface area contributed by atoms with E-state index in [1.54, 1.807) is 37.3 Å². The van der Waals surface area contributed by atoms with Crippen LogP contribution in [0.5, 0.6) is 11.5 Å². The maximum absolute atomic E-state index is 14.5. The lowest BCUT2D eigenvalue weighted by molar-refractivity contribution is -0.123. The van der Waals surface area contributed by atoms with Gasteiger partial charge in [0.1, 0.15) is 17.3 Å². The Morgan fingerprint density at radius 1 is 1.03 bits per heavy atom. The second-order valence-corrected chi connectivity index (χ2v) is 9.34. The van der Waals surface area contributed by atoms with Crippen LogP contribution in [0.25, 0.3) is 0 Å². The van der Waals surface area contributed by atoms with Crippen molar-refractivity contribution in [3.63, 3.8) is 0 Å². The van der Waals surface area contributed by atoms with Crippen LogP contribution in [0, 0.1) is 5.82 Å². The smallest absolute Gasteiger partial charge is 0.268 e. The SMILES string of the molecule is COc1cccc(CN2C(=O)[C@]3(SCCN3C(=O)c3ccccc3F)c3cc(OC)ccc32)c1. The van der Waals surface area contributed by atoms with Crippen LogP contribution in [-0.2, 0) is 16.2 Å². The van der Waals surface area contributed by atoms with E-state index >= 15 is 0 Å². The van der Waals surface area contributed by atoms with Gasteiger partial charge in [-0.3, -0.25) is 9.59 Å². The minimum absolute atomic E-state index is 0.0483. The lowest BCUT2D eigenvalue weighted by atomic mass is 10.0. The fourth-order valence-electron chi connectivity index (χ4n) is 4.61. The van der Waals surface area contributed by atoms with Gasteiger partial charge in [0.25, 0.3) is 11.8 Å². The van der Waals surface area contributed by atoms with Crippen molar-refractivity contribution in [2.75, 3.05) is 31.4 Å². The van der Waals surface area contributed by atoms with Gasteiger partial charge in [-0.25, -0.2) is 4.39 Å². The van der Waals surface area contributed by atoms with E-state index in [0.29, 0.717) is 41.6 Å². The number of amides is 2. The molecule has 3 aromatic rings. The molecule has 0 aliphatic carbocycles. The van der Waals surface area contributed by atoms with Crippen LogP contribution in [0.15, 0.2) is 66.7 Å². The van der Waals surface area contributed by atoms with Crippen LogP contribution >= 0.6 is 11.8 Å². The number of carbonyl (C=O) groups excluding carboxylic acids is 2. The third kappa shape index (κ3) is 3.40. The minimum atomic E-state index is -1.29. The molecule has 6 nitrogen and oxygen atoms in total. The van der Waals surface area contributed by atoms with Gasteiger partial charge in [0.15, 0.2) is 4.87 Å². The standard InChI is InChI=1S/C26H23FN2O4S/c1-32-18-7-5-6-17(14-18)16-28-23-11-10-19(33-2)15-21(23)26(25(28)31)29(12-13-34-26)24(30)20-8-3-4-9-22(20)27/h3-11,14-15H,12-13,16H2,1-2H3/t26-/m1/s1. The van der Waals surface area contributed by atoms with Gasteiger partial charge in [0.2, 0.25) is 0 Å². The highest BCUT2D eigenvalue weighted by Crippen LogP contribution is 2.55. The largest absolute Gasteiger partial charge is 0.497 e. The molecule has 34 heavy (non-hydrogen) atoms. The number of fused-ring (bicyclic) bond motifs is 2. The number of thioether (sulfide) groups is 1. The molecule has 3 aromatic carbocycles. The van der Waals surface area contributed by atoms with Crippen molar-refractivity contribution in [1.82, 2.24) is 4.90 Å². The van der Waals surface area contributed by atoms with E-state index in [9.17, 15) is 14.0 Å². The lowest BCUT2D eigenvalue weighted by Gasteiger charge is -2.33. The molecule has 0 saturated carbocycles. The van der Waals surface area contributed by atoms with E-state index in [1.165, 1.54) is 34.9 Å². The first kappa shape index (κ1) is 22.3. The molecule has 5 rings (SSSR count). The summed E-state index contributed by atoms with van der Waals surface area (Å²) < 4.78 is 25.3. The van der Waals surface area contributed by atoms with Gasteiger partial charge in [-0.1, -0.05) is 24.3 Å². The summed E-state index contributed by atoms with van der Waals surface area (Å²) in [6.07, 6.45) is 0. The van der Waals surface area contributed by atoms with Crippen LogP contribution in [0.2, 0.25) is 0 Å². The highest BCUT2D eigenvalue weighted by molar-refractivity contribution is 8.01. The zero-order valence-corrected chi connectivity index (χ0v) is 19.6. The predicted octanol–water partition coefficient (Wildman–Crippen LogP) is 4.43. The molecule has 0 unspecified atom stereocenters. The molecule has 2 aliphatic heterocycles. The highest BCUT2D eigenvalue weighted by atomic mass is 32.2. The topological polar surface area (TPSA) is 59.1 Å². The summed E-state index contributed by atoms with van der Waals surface area (Å²) in [7, 11) is 3.15. The Balaban J connectivity index is 1.61. The molecule has 2 aliphatic rings. The molecular weight excluding hydrogens is 455 g/mol. The van der Waals surface area contributed by atoms with Gasteiger partial charge in [0.05, 0.1) is 32.0 Å². The predicted molar refractivity (Wildman–Crippen MR) is 129 cm³/mol. The third-order valence-electron chi connectivity index (χ3n) is 6.22. The van der Waals surface area contributed by atoms with E-state index in [-0.39, 0.29) is 11.5 Å². The van der Waals surface area contributed by atoms with Crippen LogP contribution in [-0.4, -0.2) is 43.2 Å². The van der Waals surface area contributed by atoms with Crippen molar-refractivity contribution in [3.05, 3.63) is 89.2 Å². The van der Waals surface area contributed by atoms with E-state index in [2.05, 4.69) is 0 Å². The van der Waals surface area contributed by atoms with E-state index in [1.807, 2.05) is 30.3 Å². The summed E-state index contributed by atoms with van der Waals surface area (Å²) in [6, 6.07) is 18.8. The Morgan fingerprint density at radius 3 is 2.56 bits per heavy atom. The molecule has 174 valence electrons. The van der Waals surface area contributed by atoms with Crippen LogP contribution in [0.3, 0.4) is 0 Å². The van der Waals surface area contributed by atoms with Crippen molar-refractivity contribution in [3.8, 4) is 11.5 Å². The van der Waals surface area contributed by atoms with Crippen LogP contribution < -0.4 is 14.4 Å². The fourth-order valence-corrected chi connectivity index (χ4v) is 6.06. The molecule has 1 fully saturated rings. The molecule has 0 N–H and O–H groups in total. The number of benzene rings is 3. The van der Waals surface area contributed by atoms with E-state index in [0.717, 1.165) is 5.56 Å². The van der Waals surface area contributed by atoms with Crippen molar-refractivity contribution < 1.29 is 23.5 Å². The maximum atomic E-state index is 14.5. The zero-order valence-electron chi connectivity index (χ0n) is 18.8. The van der Waals surface area contributed by atoms with Gasteiger partial charge in [-0.15, -0.1) is 11.8 Å². The molecule has 0 radical (unpaired) electrons. The Kier molecular flexibility index (Phi) is 5.69. The second-order valence-electron chi connectivity index (χ2n) is 8.06. The maximum Gasteiger partial charge on any atom is 0.268 e. The van der Waals surface area contributed by atoms with Crippen molar-refractivity contribution in [2.45, 2.75) is 11.4 Å². The Bertz CT molecular complexity index is 1280. The Hall–Kier alpha value is -3.52. The number of rotatable bonds is 5. The van der Waals surface area contributed by atoms with Crippen LogP contribution in [0.1, 0.15) is 21.5 Å². The third-order valence-corrected chi connectivity index (χ3v) is 7.64. The molecule has 0 aromatic heterocycles. The first-order valence-corrected chi connectivity index (χ1v) is 11.8. The van der Waals surface area contributed by atoms with Gasteiger partial charge in [0, 0.05) is 17.9 Å². The monoisotopic (exact) mass is 478 g/mol. The van der Waals surface area contributed by atoms with Gasteiger partial charge in [-0.05, 0) is 48.0 Å². The first-order chi connectivity index (χ1) is 16.5. The summed E-state index contributed by atoms with van der Waals surface area (Å²) in [4.78, 5) is 29.6.